The lowest BCUT2D eigenvalue weighted by Crippen LogP contribution is -2.29. The summed E-state index contributed by atoms with van der Waals surface area (Å²) in [6.07, 6.45) is 0. The molecule has 0 saturated heterocycles. The van der Waals surface area contributed by atoms with Crippen molar-refractivity contribution in [1.29, 1.82) is 0 Å². The van der Waals surface area contributed by atoms with E-state index in [9.17, 15) is 14.3 Å². The molecule has 0 radical (unpaired) electrons. The molecule has 0 saturated carbocycles. The molecule has 0 spiro atoms. The van der Waals surface area contributed by atoms with E-state index in [1.54, 1.807) is 48.4 Å². The number of halogens is 1. The van der Waals surface area contributed by atoms with Gasteiger partial charge in [-0.2, -0.15) is 0 Å². The Balaban J connectivity index is 1.80. The van der Waals surface area contributed by atoms with Crippen LogP contribution in [0.1, 0.15) is 22.7 Å². The van der Waals surface area contributed by atoms with E-state index in [0.717, 1.165) is 11.1 Å². The molecule has 3 aromatic rings. The fourth-order valence-electron chi connectivity index (χ4n) is 3.65. The minimum atomic E-state index is -0.531. The van der Waals surface area contributed by atoms with Crippen molar-refractivity contribution in [2.75, 3.05) is 7.11 Å². The smallest absolute Gasteiger partial charge is 0.290 e. The van der Waals surface area contributed by atoms with Crippen LogP contribution in [0.15, 0.2) is 84.6 Å². The molecule has 0 bridgehead atoms. The van der Waals surface area contributed by atoms with E-state index in [1.807, 2.05) is 30.3 Å². The topological polar surface area (TPSA) is 49.8 Å². The van der Waals surface area contributed by atoms with Gasteiger partial charge >= 0.3 is 0 Å². The van der Waals surface area contributed by atoms with Crippen LogP contribution >= 0.6 is 0 Å². The average molecular weight is 389 g/mol. The summed E-state index contributed by atoms with van der Waals surface area (Å²) < 4.78 is 18.7. The SMILES string of the molecule is COc1ccc(C2=C(O)C(=O)N(Cc3ccccc3)C2c2ccc(F)cc2)cc1. The van der Waals surface area contributed by atoms with Crippen LogP contribution in [0.2, 0.25) is 0 Å². The minimum Gasteiger partial charge on any atom is -0.503 e. The summed E-state index contributed by atoms with van der Waals surface area (Å²) in [5.74, 6) is -0.418. The standard InChI is InChI=1S/C24H20FNO3/c1-29-20-13-9-17(10-14-20)21-22(18-7-11-19(25)12-8-18)26(24(28)23(21)27)15-16-5-3-2-4-6-16/h2-14,22,27H,15H2,1H3. The molecule has 1 N–H and O–H groups in total. The molecule has 4 rings (SSSR count). The summed E-state index contributed by atoms with van der Waals surface area (Å²) in [4.78, 5) is 14.6. The first kappa shape index (κ1) is 18.7. The molecule has 0 aromatic heterocycles. The van der Waals surface area contributed by atoms with E-state index in [0.29, 0.717) is 23.4 Å². The van der Waals surface area contributed by atoms with Crippen molar-refractivity contribution in [3.8, 4) is 5.75 Å². The molecule has 29 heavy (non-hydrogen) atoms. The third-order valence-corrected chi connectivity index (χ3v) is 5.09. The summed E-state index contributed by atoms with van der Waals surface area (Å²) in [6.45, 7) is 0.325. The van der Waals surface area contributed by atoms with Crippen LogP contribution in [0.4, 0.5) is 4.39 Å². The Labute approximate surface area is 168 Å². The molecular formula is C24H20FNO3. The molecule has 0 aliphatic carbocycles. The van der Waals surface area contributed by atoms with Crippen molar-refractivity contribution in [2.45, 2.75) is 12.6 Å². The molecule has 1 atom stereocenters. The van der Waals surface area contributed by atoms with Crippen LogP contribution in [0.25, 0.3) is 5.57 Å². The molecule has 1 amide bonds. The maximum Gasteiger partial charge on any atom is 0.290 e. The third-order valence-electron chi connectivity index (χ3n) is 5.09. The molecule has 1 unspecified atom stereocenters. The first-order valence-electron chi connectivity index (χ1n) is 9.26. The zero-order valence-electron chi connectivity index (χ0n) is 15.9. The number of carbonyl (C=O) groups is 1. The van der Waals surface area contributed by atoms with Crippen molar-refractivity contribution in [1.82, 2.24) is 4.90 Å². The predicted molar refractivity (Wildman–Crippen MR) is 109 cm³/mol. The predicted octanol–water partition coefficient (Wildman–Crippen LogP) is 4.89. The van der Waals surface area contributed by atoms with Crippen LogP contribution in [0.5, 0.6) is 5.75 Å². The van der Waals surface area contributed by atoms with Gasteiger partial charge in [-0.1, -0.05) is 54.6 Å². The van der Waals surface area contributed by atoms with Crippen LogP contribution in [-0.4, -0.2) is 23.0 Å². The lowest BCUT2D eigenvalue weighted by atomic mass is 9.93. The van der Waals surface area contributed by atoms with Gasteiger partial charge in [0, 0.05) is 12.1 Å². The molecule has 1 heterocycles. The third kappa shape index (κ3) is 3.59. The van der Waals surface area contributed by atoms with Crippen LogP contribution in [-0.2, 0) is 11.3 Å². The number of benzene rings is 3. The summed E-state index contributed by atoms with van der Waals surface area (Å²) in [5, 5.41) is 10.8. The highest BCUT2D eigenvalue weighted by atomic mass is 19.1. The number of hydrogen-bond acceptors (Lipinski definition) is 3. The Morgan fingerprint density at radius 1 is 0.966 bits per heavy atom. The highest BCUT2D eigenvalue weighted by molar-refractivity contribution is 6.05. The second kappa shape index (κ2) is 7.80. The number of rotatable bonds is 5. The number of carbonyl (C=O) groups excluding carboxylic acids is 1. The minimum absolute atomic E-state index is 0.291. The number of aliphatic hydroxyl groups excluding tert-OH is 1. The lowest BCUT2D eigenvalue weighted by Gasteiger charge is -2.27. The van der Waals surface area contributed by atoms with Gasteiger partial charge in [-0.15, -0.1) is 0 Å². The number of nitrogens with zero attached hydrogens (tertiary/aromatic N) is 1. The molecule has 3 aromatic carbocycles. The maximum atomic E-state index is 13.5. The fourth-order valence-corrected chi connectivity index (χ4v) is 3.65. The summed E-state index contributed by atoms with van der Waals surface area (Å²) in [6, 6.07) is 22.2. The van der Waals surface area contributed by atoms with E-state index in [4.69, 9.17) is 4.74 Å². The Hall–Kier alpha value is -3.60. The molecular weight excluding hydrogens is 369 g/mol. The summed E-state index contributed by atoms with van der Waals surface area (Å²) in [7, 11) is 1.58. The van der Waals surface area contributed by atoms with Crippen LogP contribution < -0.4 is 4.74 Å². The van der Waals surface area contributed by atoms with Crippen molar-refractivity contribution in [2.24, 2.45) is 0 Å². The summed E-state index contributed by atoms with van der Waals surface area (Å²) >= 11 is 0. The van der Waals surface area contributed by atoms with Gasteiger partial charge in [-0.05, 0) is 41.0 Å². The van der Waals surface area contributed by atoms with Crippen molar-refractivity contribution >= 4 is 11.5 Å². The molecule has 1 aliphatic heterocycles. The molecule has 5 heteroatoms. The number of ether oxygens (including phenoxy) is 1. The second-order valence-corrected chi connectivity index (χ2v) is 6.86. The zero-order chi connectivity index (χ0) is 20.4. The highest BCUT2D eigenvalue weighted by Crippen LogP contribution is 2.44. The van der Waals surface area contributed by atoms with E-state index >= 15 is 0 Å². The van der Waals surface area contributed by atoms with Gasteiger partial charge in [0.2, 0.25) is 0 Å². The number of amides is 1. The van der Waals surface area contributed by atoms with Crippen LogP contribution in [0.3, 0.4) is 0 Å². The first-order valence-corrected chi connectivity index (χ1v) is 9.26. The quantitative estimate of drug-likeness (QED) is 0.676. The van der Waals surface area contributed by atoms with Gasteiger partial charge in [0.1, 0.15) is 11.6 Å². The van der Waals surface area contributed by atoms with Gasteiger partial charge in [-0.25, -0.2) is 4.39 Å². The maximum absolute atomic E-state index is 13.5. The highest BCUT2D eigenvalue weighted by Gasteiger charge is 2.40. The second-order valence-electron chi connectivity index (χ2n) is 6.86. The fraction of sp³-hybridized carbons (Fsp3) is 0.125. The van der Waals surface area contributed by atoms with E-state index in [-0.39, 0.29) is 11.6 Å². The molecule has 1 aliphatic rings. The number of hydrogen-bond donors (Lipinski definition) is 1. The summed E-state index contributed by atoms with van der Waals surface area (Å²) in [5.41, 5.74) is 2.88. The molecule has 146 valence electrons. The van der Waals surface area contributed by atoms with E-state index < -0.39 is 11.9 Å². The van der Waals surface area contributed by atoms with Gasteiger partial charge in [0.05, 0.1) is 13.2 Å². The number of aliphatic hydroxyl groups is 1. The van der Waals surface area contributed by atoms with E-state index in [1.165, 1.54) is 12.1 Å². The molecule has 0 fully saturated rings. The lowest BCUT2D eigenvalue weighted by molar-refractivity contribution is -0.130. The van der Waals surface area contributed by atoms with E-state index in [2.05, 4.69) is 0 Å². The Morgan fingerprint density at radius 2 is 1.62 bits per heavy atom. The zero-order valence-corrected chi connectivity index (χ0v) is 15.9. The Kier molecular flexibility index (Phi) is 5.04. The largest absolute Gasteiger partial charge is 0.503 e. The van der Waals surface area contributed by atoms with Crippen LogP contribution in [0, 0.1) is 5.82 Å². The monoisotopic (exact) mass is 389 g/mol. The van der Waals surface area contributed by atoms with Gasteiger partial charge in [0.15, 0.2) is 5.76 Å². The van der Waals surface area contributed by atoms with Gasteiger partial charge in [0.25, 0.3) is 5.91 Å². The number of methoxy groups -OCH3 is 1. The van der Waals surface area contributed by atoms with Gasteiger partial charge < -0.3 is 14.7 Å². The normalized spacial score (nSPS) is 16.4. The first-order chi connectivity index (χ1) is 14.1. The van der Waals surface area contributed by atoms with Gasteiger partial charge in [-0.3, -0.25) is 4.79 Å². The Morgan fingerprint density at radius 3 is 2.24 bits per heavy atom. The van der Waals surface area contributed by atoms with Crippen molar-refractivity contribution in [3.63, 3.8) is 0 Å². The average Bonchev–Trinajstić information content (AvgIpc) is 3.00. The Bertz CT molecular complexity index is 1040. The molecule has 4 nitrogen and oxygen atoms in total. The van der Waals surface area contributed by atoms with Crippen molar-refractivity contribution in [3.05, 3.63) is 107 Å². The van der Waals surface area contributed by atoms with Crippen molar-refractivity contribution < 1.29 is 19.0 Å².